The highest BCUT2D eigenvalue weighted by molar-refractivity contribution is 9.10. The first-order valence-corrected chi connectivity index (χ1v) is 7.97. The highest BCUT2D eigenvalue weighted by Gasteiger charge is 2.05. The van der Waals surface area contributed by atoms with Crippen LogP contribution < -0.4 is 5.32 Å². The van der Waals surface area contributed by atoms with Crippen molar-refractivity contribution in [3.8, 4) is 0 Å². The van der Waals surface area contributed by atoms with Crippen LogP contribution in [-0.2, 0) is 0 Å². The first kappa shape index (κ1) is 12.7. The second-order valence-electron chi connectivity index (χ2n) is 4.54. The fraction of sp³-hybridized carbons (Fsp3) is 0. The Bertz CT molecular complexity index is 951. The summed E-state index contributed by atoms with van der Waals surface area (Å²) in [5.74, 6) is 0.794. The number of nitrogens with one attached hydrogen (secondary N) is 1. The summed E-state index contributed by atoms with van der Waals surface area (Å²) < 4.78 is 2.18. The van der Waals surface area contributed by atoms with Crippen molar-refractivity contribution in [3.05, 3.63) is 52.7 Å². The van der Waals surface area contributed by atoms with Crippen molar-refractivity contribution in [3.63, 3.8) is 0 Å². The number of benzene rings is 2. The average molecular weight is 357 g/mol. The van der Waals surface area contributed by atoms with Gasteiger partial charge in [-0.1, -0.05) is 15.9 Å². The summed E-state index contributed by atoms with van der Waals surface area (Å²) in [5.41, 5.74) is 4.71. The van der Waals surface area contributed by atoms with Crippen molar-refractivity contribution in [1.29, 1.82) is 0 Å². The Morgan fingerprint density at radius 1 is 0.952 bits per heavy atom. The standard InChI is InChI=1S/C15H9BrN4S/c16-9-1-3-11-12(5-9)17-7-18-15(11)20-10-2-4-14-13(6-10)19-8-21-14/h1-8H,(H,17,18,20). The van der Waals surface area contributed by atoms with Crippen molar-refractivity contribution in [2.75, 3.05) is 5.32 Å². The molecule has 0 unspecified atom stereocenters. The lowest BCUT2D eigenvalue weighted by Crippen LogP contribution is -1.95. The molecule has 4 nitrogen and oxygen atoms in total. The smallest absolute Gasteiger partial charge is 0.141 e. The number of hydrogen-bond acceptors (Lipinski definition) is 5. The van der Waals surface area contributed by atoms with Crippen LogP contribution in [0.1, 0.15) is 0 Å². The molecule has 2 aromatic carbocycles. The Hall–Kier alpha value is -2.05. The van der Waals surface area contributed by atoms with Gasteiger partial charge in [0.25, 0.3) is 0 Å². The van der Waals surface area contributed by atoms with Gasteiger partial charge in [-0.25, -0.2) is 15.0 Å². The first-order valence-electron chi connectivity index (χ1n) is 6.30. The van der Waals surface area contributed by atoms with E-state index in [0.717, 1.165) is 32.4 Å². The zero-order valence-corrected chi connectivity index (χ0v) is 13.1. The molecule has 0 amide bonds. The second kappa shape index (κ2) is 5.05. The largest absolute Gasteiger partial charge is 0.340 e. The zero-order valence-electron chi connectivity index (χ0n) is 10.7. The van der Waals surface area contributed by atoms with Gasteiger partial charge in [0.15, 0.2) is 0 Å². The predicted molar refractivity (Wildman–Crippen MR) is 90.1 cm³/mol. The summed E-state index contributed by atoms with van der Waals surface area (Å²) in [7, 11) is 0. The van der Waals surface area contributed by atoms with Crippen molar-refractivity contribution < 1.29 is 0 Å². The van der Waals surface area contributed by atoms with E-state index in [1.165, 1.54) is 4.70 Å². The number of aromatic nitrogens is 3. The lowest BCUT2D eigenvalue weighted by Gasteiger charge is -2.08. The van der Waals surface area contributed by atoms with Crippen LogP contribution in [0.2, 0.25) is 0 Å². The highest BCUT2D eigenvalue weighted by atomic mass is 79.9. The third-order valence-corrected chi connectivity index (χ3v) is 4.49. The van der Waals surface area contributed by atoms with Gasteiger partial charge in [-0.15, -0.1) is 11.3 Å². The monoisotopic (exact) mass is 356 g/mol. The molecule has 0 aliphatic carbocycles. The minimum absolute atomic E-state index is 0.794. The average Bonchev–Trinajstić information content (AvgIpc) is 2.95. The van der Waals surface area contributed by atoms with E-state index in [0.29, 0.717) is 0 Å². The van der Waals surface area contributed by atoms with Crippen LogP contribution in [-0.4, -0.2) is 15.0 Å². The van der Waals surface area contributed by atoms with Gasteiger partial charge in [0, 0.05) is 15.5 Å². The summed E-state index contributed by atoms with van der Waals surface area (Å²) in [5, 5.41) is 4.33. The molecule has 6 heteroatoms. The fourth-order valence-corrected chi connectivity index (χ4v) is 3.21. The summed E-state index contributed by atoms with van der Waals surface area (Å²) in [6, 6.07) is 12.1. The van der Waals surface area contributed by atoms with E-state index >= 15 is 0 Å². The molecule has 0 fully saturated rings. The number of anilines is 2. The molecular formula is C15H9BrN4S. The Kier molecular flexibility index (Phi) is 3.05. The molecule has 2 aromatic heterocycles. The van der Waals surface area contributed by atoms with E-state index in [1.807, 2.05) is 35.8 Å². The molecule has 4 rings (SSSR count). The Morgan fingerprint density at radius 3 is 2.86 bits per heavy atom. The van der Waals surface area contributed by atoms with Crippen LogP contribution >= 0.6 is 27.3 Å². The normalized spacial score (nSPS) is 11.1. The molecular weight excluding hydrogens is 348 g/mol. The maximum atomic E-state index is 4.34. The summed E-state index contributed by atoms with van der Waals surface area (Å²) >= 11 is 5.10. The number of nitrogens with zero attached hydrogens (tertiary/aromatic N) is 3. The lowest BCUT2D eigenvalue weighted by molar-refractivity contribution is 1.22. The molecule has 21 heavy (non-hydrogen) atoms. The second-order valence-corrected chi connectivity index (χ2v) is 6.35. The number of rotatable bonds is 2. The topological polar surface area (TPSA) is 50.7 Å². The summed E-state index contributed by atoms with van der Waals surface area (Å²) in [6.45, 7) is 0. The molecule has 0 radical (unpaired) electrons. The molecule has 0 bridgehead atoms. The van der Waals surface area contributed by atoms with Gasteiger partial charge in [0.1, 0.15) is 12.1 Å². The quantitative estimate of drug-likeness (QED) is 0.563. The molecule has 102 valence electrons. The van der Waals surface area contributed by atoms with E-state index in [-0.39, 0.29) is 0 Å². The van der Waals surface area contributed by atoms with Crippen LogP contribution in [0.4, 0.5) is 11.5 Å². The van der Waals surface area contributed by atoms with E-state index in [9.17, 15) is 0 Å². The predicted octanol–water partition coefficient (Wildman–Crippen LogP) is 4.75. The van der Waals surface area contributed by atoms with Gasteiger partial charge in [-0.3, -0.25) is 0 Å². The van der Waals surface area contributed by atoms with E-state index < -0.39 is 0 Å². The van der Waals surface area contributed by atoms with Gasteiger partial charge >= 0.3 is 0 Å². The SMILES string of the molecule is Brc1ccc2c(Nc3ccc4scnc4c3)ncnc2c1. The first-order chi connectivity index (χ1) is 10.3. The lowest BCUT2D eigenvalue weighted by atomic mass is 10.2. The van der Waals surface area contributed by atoms with Crippen molar-refractivity contribution >= 4 is 59.9 Å². The molecule has 0 atom stereocenters. The van der Waals surface area contributed by atoms with Crippen LogP contribution in [0, 0.1) is 0 Å². The van der Waals surface area contributed by atoms with Crippen molar-refractivity contribution in [2.45, 2.75) is 0 Å². The third kappa shape index (κ3) is 2.36. The Morgan fingerprint density at radius 2 is 1.90 bits per heavy atom. The molecule has 0 spiro atoms. The summed E-state index contributed by atoms with van der Waals surface area (Å²) in [6.07, 6.45) is 1.57. The molecule has 0 aliphatic rings. The molecule has 2 heterocycles. The minimum atomic E-state index is 0.794. The number of halogens is 1. The van der Waals surface area contributed by atoms with Gasteiger partial charge in [-0.05, 0) is 36.4 Å². The Labute approximate surface area is 133 Å². The number of thiazole rings is 1. The third-order valence-electron chi connectivity index (χ3n) is 3.19. The van der Waals surface area contributed by atoms with E-state index in [1.54, 1.807) is 17.7 Å². The fourth-order valence-electron chi connectivity index (χ4n) is 2.20. The molecule has 0 saturated carbocycles. The maximum absolute atomic E-state index is 4.34. The molecule has 0 aliphatic heterocycles. The van der Waals surface area contributed by atoms with Crippen molar-refractivity contribution in [1.82, 2.24) is 15.0 Å². The van der Waals surface area contributed by atoms with Gasteiger partial charge < -0.3 is 5.32 Å². The van der Waals surface area contributed by atoms with E-state index in [2.05, 4.69) is 42.3 Å². The maximum Gasteiger partial charge on any atom is 0.141 e. The van der Waals surface area contributed by atoms with E-state index in [4.69, 9.17) is 0 Å². The molecule has 4 aromatic rings. The van der Waals surface area contributed by atoms with Gasteiger partial charge in [0.2, 0.25) is 0 Å². The Balaban J connectivity index is 1.79. The molecule has 0 saturated heterocycles. The van der Waals surface area contributed by atoms with Gasteiger partial charge in [0.05, 0.1) is 21.2 Å². The van der Waals surface area contributed by atoms with Crippen LogP contribution in [0.5, 0.6) is 0 Å². The highest BCUT2D eigenvalue weighted by Crippen LogP contribution is 2.27. The van der Waals surface area contributed by atoms with Crippen LogP contribution in [0.25, 0.3) is 21.1 Å². The summed E-state index contributed by atoms with van der Waals surface area (Å²) in [4.78, 5) is 13.0. The van der Waals surface area contributed by atoms with Gasteiger partial charge in [-0.2, -0.15) is 0 Å². The minimum Gasteiger partial charge on any atom is -0.340 e. The zero-order chi connectivity index (χ0) is 14.2. The number of fused-ring (bicyclic) bond motifs is 2. The number of hydrogen-bond donors (Lipinski definition) is 1. The van der Waals surface area contributed by atoms with Crippen molar-refractivity contribution in [2.24, 2.45) is 0 Å². The van der Waals surface area contributed by atoms with Crippen LogP contribution in [0.15, 0.2) is 52.7 Å². The van der Waals surface area contributed by atoms with Crippen LogP contribution in [0.3, 0.4) is 0 Å². The molecule has 1 N–H and O–H groups in total.